The van der Waals surface area contributed by atoms with Crippen molar-refractivity contribution in [3.05, 3.63) is 11.9 Å². The van der Waals surface area contributed by atoms with Crippen LogP contribution in [0, 0.1) is 5.92 Å². The van der Waals surface area contributed by atoms with Crippen LogP contribution in [-0.4, -0.2) is 32.9 Å². The van der Waals surface area contributed by atoms with Gasteiger partial charge in [-0.05, 0) is 25.7 Å². The molecule has 0 aliphatic heterocycles. The molecule has 2 atom stereocenters. The van der Waals surface area contributed by atoms with Crippen molar-refractivity contribution in [2.45, 2.75) is 38.6 Å². The van der Waals surface area contributed by atoms with E-state index in [9.17, 15) is 9.59 Å². The third-order valence-electron chi connectivity index (χ3n) is 3.61. The van der Waals surface area contributed by atoms with Crippen LogP contribution in [0.2, 0.25) is 0 Å². The van der Waals surface area contributed by atoms with E-state index in [1.165, 1.54) is 0 Å². The summed E-state index contributed by atoms with van der Waals surface area (Å²) in [5, 5.41) is 18.8. The molecular formula is C13H20N4O3. The van der Waals surface area contributed by atoms with Crippen molar-refractivity contribution < 1.29 is 14.7 Å². The number of urea groups is 1. The highest BCUT2D eigenvalue weighted by Crippen LogP contribution is 2.25. The number of nitrogens with zero attached hydrogens (tertiary/aromatic N) is 2. The van der Waals surface area contributed by atoms with Crippen LogP contribution in [-0.2, 0) is 18.3 Å². The number of carboxylic acids is 1. The largest absolute Gasteiger partial charge is 0.481 e. The molecule has 7 nitrogen and oxygen atoms in total. The van der Waals surface area contributed by atoms with Crippen LogP contribution in [0.1, 0.15) is 31.9 Å². The van der Waals surface area contributed by atoms with Crippen LogP contribution in [0.5, 0.6) is 0 Å². The van der Waals surface area contributed by atoms with Crippen LogP contribution in [0.15, 0.2) is 6.20 Å². The van der Waals surface area contributed by atoms with Gasteiger partial charge >= 0.3 is 12.0 Å². The predicted octanol–water partition coefficient (Wildman–Crippen LogP) is 1.36. The summed E-state index contributed by atoms with van der Waals surface area (Å²) in [7, 11) is 1.80. The summed E-state index contributed by atoms with van der Waals surface area (Å²) in [6.45, 7) is 1.97. The molecule has 2 rings (SSSR count). The Morgan fingerprint density at radius 1 is 1.50 bits per heavy atom. The topological polar surface area (TPSA) is 96.3 Å². The molecule has 0 saturated heterocycles. The average molecular weight is 280 g/mol. The minimum Gasteiger partial charge on any atom is -0.481 e. The van der Waals surface area contributed by atoms with E-state index in [2.05, 4.69) is 15.7 Å². The van der Waals surface area contributed by atoms with E-state index < -0.39 is 5.97 Å². The van der Waals surface area contributed by atoms with Gasteiger partial charge < -0.3 is 15.7 Å². The van der Waals surface area contributed by atoms with Crippen molar-refractivity contribution in [1.29, 1.82) is 0 Å². The number of amides is 2. The van der Waals surface area contributed by atoms with E-state index in [1.54, 1.807) is 17.9 Å². The first-order valence-electron chi connectivity index (χ1n) is 6.82. The second-order valence-corrected chi connectivity index (χ2v) is 5.16. The zero-order valence-corrected chi connectivity index (χ0v) is 11.7. The maximum Gasteiger partial charge on any atom is 0.319 e. The SMILES string of the molecule is CCc1nn(C)cc1NC(=O)NC1CCC(C(=O)O)C1. The molecule has 1 heterocycles. The van der Waals surface area contributed by atoms with Crippen LogP contribution < -0.4 is 10.6 Å². The molecule has 0 spiro atoms. The Labute approximate surface area is 117 Å². The van der Waals surface area contributed by atoms with E-state index in [-0.39, 0.29) is 18.0 Å². The molecule has 110 valence electrons. The Balaban J connectivity index is 1.88. The minimum absolute atomic E-state index is 0.0714. The number of nitrogens with one attached hydrogen (secondary N) is 2. The number of hydrogen-bond acceptors (Lipinski definition) is 3. The molecule has 1 fully saturated rings. The van der Waals surface area contributed by atoms with Gasteiger partial charge in [-0.1, -0.05) is 6.92 Å². The molecule has 1 aliphatic carbocycles. The van der Waals surface area contributed by atoms with Crippen molar-refractivity contribution in [1.82, 2.24) is 15.1 Å². The highest BCUT2D eigenvalue weighted by molar-refractivity contribution is 5.90. The van der Waals surface area contributed by atoms with E-state index in [0.29, 0.717) is 24.9 Å². The number of carbonyl (C=O) groups is 2. The van der Waals surface area contributed by atoms with Crippen LogP contribution >= 0.6 is 0 Å². The van der Waals surface area contributed by atoms with Gasteiger partial charge in [-0.25, -0.2) is 4.79 Å². The first-order chi connectivity index (χ1) is 9.49. The van der Waals surface area contributed by atoms with Gasteiger partial charge in [0.05, 0.1) is 17.3 Å². The third kappa shape index (κ3) is 3.28. The predicted molar refractivity (Wildman–Crippen MR) is 73.5 cm³/mol. The highest BCUT2D eigenvalue weighted by atomic mass is 16.4. The molecule has 2 amide bonds. The van der Waals surface area contributed by atoms with Crippen molar-refractivity contribution >= 4 is 17.7 Å². The van der Waals surface area contributed by atoms with Gasteiger partial charge in [-0.3, -0.25) is 9.48 Å². The van der Waals surface area contributed by atoms with E-state index >= 15 is 0 Å². The quantitative estimate of drug-likeness (QED) is 0.775. The lowest BCUT2D eigenvalue weighted by Crippen LogP contribution is -2.36. The lowest BCUT2D eigenvalue weighted by molar-refractivity contribution is -0.141. The molecular weight excluding hydrogens is 260 g/mol. The molecule has 1 aromatic rings. The Morgan fingerprint density at radius 3 is 2.85 bits per heavy atom. The smallest absolute Gasteiger partial charge is 0.319 e. The summed E-state index contributed by atoms with van der Waals surface area (Å²) in [5.74, 6) is -1.12. The summed E-state index contributed by atoms with van der Waals surface area (Å²) in [5.41, 5.74) is 1.53. The first kappa shape index (κ1) is 14.4. The lowest BCUT2D eigenvalue weighted by atomic mass is 10.1. The fraction of sp³-hybridized carbons (Fsp3) is 0.615. The molecule has 0 radical (unpaired) electrons. The molecule has 2 unspecified atom stereocenters. The van der Waals surface area contributed by atoms with Gasteiger partial charge in [0.15, 0.2) is 0 Å². The Hall–Kier alpha value is -2.05. The zero-order valence-electron chi connectivity index (χ0n) is 11.7. The maximum atomic E-state index is 11.9. The molecule has 7 heteroatoms. The summed E-state index contributed by atoms with van der Waals surface area (Å²) >= 11 is 0. The Bertz CT molecular complexity index is 512. The van der Waals surface area contributed by atoms with Crippen molar-refractivity contribution in [2.24, 2.45) is 13.0 Å². The summed E-state index contributed by atoms with van der Waals surface area (Å²) in [6.07, 6.45) is 4.32. The fourth-order valence-electron chi connectivity index (χ4n) is 2.58. The van der Waals surface area contributed by atoms with Crippen molar-refractivity contribution in [3.8, 4) is 0 Å². The van der Waals surface area contributed by atoms with Crippen LogP contribution in [0.3, 0.4) is 0 Å². The van der Waals surface area contributed by atoms with Crippen LogP contribution in [0.25, 0.3) is 0 Å². The standard InChI is InChI=1S/C13H20N4O3/c1-3-10-11(7-17(2)16-10)15-13(20)14-9-5-4-8(6-9)12(18)19/h7-9H,3-6H2,1-2H3,(H,18,19)(H2,14,15,20). The second kappa shape index (κ2) is 5.94. The van der Waals surface area contributed by atoms with Gasteiger partial charge in [-0.15, -0.1) is 0 Å². The number of aliphatic carboxylic acids is 1. The summed E-state index contributed by atoms with van der Waals surface area (Å²) < 4.78 is 1.66. The molecule has 0 bridgehead atoms. The number of hydrogen-bond donors (Lipinski definition) is 3. The number of aromatic nitrogens is 2. The summed E-state index contributed by atoms with van der Waals surface area (Å²) in [6, 6.07) is -0.374. The second-order valence-electron chi connectivity index (χ2n) is 5.16. The molecule has 20 heavy (non-hydrogen) atoms. The van der Waals surface area contributed by atoms with Crippen molar-refractivity contribution in [3.63, 3.8) is 0 Å². The Kier molecular flexibility index (Phi) is 4.26. The molecule has 1 aromatic heterocycles. The molecule has 1 aliphatic rings. The number of anilines is 1. The van der Waals surface area contributed by atoms with E-state index in [4.69, 9.17) is 5.11 Å². The molecule has 1 saturated carbocycles. The van der Waals surface area contributed by atoms with Gasteiger partial charge in [0.2, 0.25) is 0 Å². The van der Waals surface area contributed by atoms with Gasteiger partial charge in [0, 0.05) is 19.3 Å². The van der Waals surface area contributed by atoms with Crippen LogP contribution in [0.4, 0.5) is 10.5 Å². The number of carboxylic acid groups (broad SMARTS) is 1. The van der Waals surface area contributed by atoms with Crippen molar-refractivity contribution in [2.75, 3.05) is 5.32 Å². The number of carbonyl (C=O) groups excluding carboxylic acids is 1. The number of rotatable bonds is 4. The Morgan fingerprint density at radius 2 is 2.25 bits per heavy atom. The highest BCUT2D eigenvalue weighted by Gasteiger charge is 2.30. The number of aryl methyl sites for hydroxylation is 2. The fourth-order valence-corrected chi connectivity index (χ4v) is 2.58. The third-order valence-corrected chi connectivity index (χ3v) is 3.61. The van der Waals surface area contributed by atoms with Gasteiger partial charge in [0.25, 0.3) is 0 Å². The maximum absolute atomic E-state index is 11.9. The normalized spacial score (nSPS) is 21.7. The van der Waals surface area contributed by atoms with Gasteiger partial charge in [-0.2, -0.15) is 5.10 Å². The first-order valence-corrected chi connectivity index (χ1v) is 6.82. The zero-order chi connectivity index (χ0) is 14.7. The summed E-state index contributed by atoms with van der Waals surface area (Å²) in [4.78, 5) is 22.8. The minimum atomic E-state index is -0.782. The molecule has 0 aromatic carbocycles. The monoisotopic (exact) mass is 280 g/mol. The van der Waals surface area contributed by atoms with E-state index in [1.807, 2.05) is 6.92 Å². The molecule has 3 N–H and O–H groups in total. The van der Waals surface area contributed by atoms with Gasteiger partial charge in [0.1, 0.15) is 0 Å². The van der Waals surface area contributed by atoms with E-state index in [0.717, 1.165) is 12.1 Å². The lowest BCUT2D eigenvalue weighted by Gasteiger charge is -2.13. The average Bonchev–Trinajstić information content (AvgIpc) is 2.96.